The van der Waals surface area contributed by atoms with Crippen molar-refractivity contribution in [2.45, 2.75) is 38.5 Å². The quantitative estimate of drug-likeness (QED) is 0.474. The zero-order valence-corrected chi connectivity index (χ0v) is 16.8. The largest absolute Gasteiger partial charge is 0.459 e. The molecule has 3 rings (SSSR count). The first-order valence-corrected chi connectivity index (χ1v) is 9.74. The molecule has 5 nitrogen and oxygen atoms in total. The Morgan fingerprint density at radius 1 is 1.07 bits per heavy atom. The summed E-state index contributed by atoms with van der Waals surface area (Å²) in [5.74, 6) is 0.652. The number of aryl methyl sites for hydroxylation is 1. The van der Waals surface area contributed by atoms with Crippen LogP contribution in [-0.2, 0) is 9.53 Å². The van der Waals surface area contributed by atoms with Gasteiger partial charge in [-0.05, 0) is 45.9 Å². The van der Waals surface area contributed by atoms with E-state index in [2.05, 4.69) is 16.3 Å². The summed E-state index contributed by atoms with van der Waals surface area (Å²) in [6.45, 7) is 7.62. The lowest BCUT2D eigenvalue weighted by molar-refractivity contribution is -0.151. The van der Waals surface area contributed by atoms with Crippen LogP contribution in [0.25, 0.3) is 17.1 Å². The molecule has 6 heteroatoms. The average molecular weight is 382 g/mol. The number of hydrogen-bond donors (Lipinski definition) is 0. The molecule has 0 N–H and O–H groups in total. The molecule has 0 aliphatic rings. The fourth-order valence-corrected chi connectivity index (χ4v) is 3.36. The maximum Gasteiger partial charge on any atom is 0.316 e. The third-order valence-electron chi connectivity index (χ3n) is 3.66. The van der Waals surface area contributed by atoms with E-state index in [1.54, 1.807) is 0 Å². The van der Waals surface area contributed by atoms with Crippen molar-refractivity contribution in [2.24, 2.45) is 0 Å². The van der Waals surface area contributed by atoms with Gasteiger partial charge < -0.3 is 4.74 Å². The minimum absolute atomic E-state index is 0.177. The van der Waals surface area contributed by atoms with Crippen LogP contribution in [0, 0.1) is 6.92 Å². The predicted molar refractivity (Wildman–Crippen MR) is 108 cm³/mol. The minimum atomic E-state index is -0.503. The van der Waals surface area contributed by atoms with E-state index in [0.717, 1.165) is 22.6 Å². The molecule has 0 fully saturated rings. The van der Waals surface area contributed by atoms with E-state index < -0.39 is 5.60 Å². The van der Waals surface area contributed by atoms with E-state index in [1.165, 1.54) is 11.8 Å². The molecule has 0 bridgehead atoms. The van der Waals surface area contributed by atoms with Gasteiger partial charge in [-0.1, -0.05) is 53.7 Å². The number of thioether (sulfide) groups is 1. The number of rotatable bonds is 5. The van der Waals surface area contributed by atoms with E-state index in [1.807, 2.05) is 80.8 Å². The maximum absolute atomic E-state index is 12.1. The Balaban J connectivity index is 1.94. The van der Waals surface area contributed by atoms with Crippen LogP contribution < -0.4 is 0 Å². The molecule has 0 amide bonds. The van der Waals surface area contributed by atoms with Crippen LogP contribution in [0.15, 0.2) is 59.8 Å². The third-order valence-corrected chi connectivity index (χ3v) is 4.57. The zero-order chi connectivity index (χ0) is 19.4. The highest BCUT2D eigenvalue weighted by molar-refractivity contribution is 7.99. The second-order valence-electron chi connectivity index (χ2n) is 7.22. The number of para-hydroxylation sites is 1. The highest BCUT2D eigenvalue weighted by Crippen LogP contribution is 2.28. The van der Waals surface area contributed by atoms with Crippen LogP contribution in [-0.4, -0.2) is 32.1 Å². The molecule has 27 heavy (non-hydrogen) atoms. The summed E-state index contributed by atoms with van der Waals surface area (Å²) < 4.78 is 7.37. The molecule has 0 atom stereocenters. The summed E-state index contributed by atoms with van der Waals surface area (Å²) in [4.78, 5) is 12.1. The number of benzene rings is 2. The van der Waals surface area contributed by atoms with E-state index in [9.17, 15) is 4.79 Å². The van der Waals surface area contributed by atoms with Gasteiger partial charge in [-0.15, -0.1) is 10.2 Å². The van der Waals surface area contributed by atoms with Crippen molar-refractivity contribution in [2.75, 3.05) is 5.75 Å². The van der Waals surface area contributed by atoms with Gasteiger partial charge in [-0.2, -0.15) is 0 Å². The van der Waals surface area contributed by atoms with Crippen molar-refractivity contribution in [3.63, 3.8) is 0 Å². The van der Waals surface area contributed by atoms with Gasteiger partial charge in [0.1, 0.15) is 5.60 Å². The monoisotopic (exact) mass is 381 g/mol. The van der Waals surface area contributed by atoms with Crippen LogP contribution >= 0.6 is 11.8 Å². The van der Waals surface area contributed by atoms with Crippen LogP contribution in [0.5, 0.6) is 0 Å². The predicted octanol–water partition coefficient (Wildman–Crippen LogP) is 4.68. The van der Waals surface area contributed by atoms with E-state index >= 15 is 0 Å². The number of carbonyl (C=O) groups excluding carboxylic acids is 1. The van der Waals surface area contributed by atoms with Gasteiger partial charge in [-0.3, -0.25) is 9.36 Å². The first-order chi connectivity index (χ1) is 12.8. The van der Waals surface area contributed by atoms with Crippen molar-refractivity contribution in [3.05, 3.63) is 60.2 Å². The van der Waals surface area contributed by atoms with Gasteiger partial charge in [0.25, 0.3) is 0 Å². The van der Waals surface area contributed by atoms with Gasteiger partial charge in [0.05, 0.1) is 5.75 Å². The fourth-order valence-electron chi connectivity index (χ4n) is 2.64. The average Bonchev–Trinajstić information content (AvgIpc) is 3.03. The second kappa shape index (κ2) is 7.96. The van der Waals surface area contributed by atoms with Crippen molar-refractivity contribution in [3.8, 4) is 17.1 Å². The molecular formula is C21H23N3O2S. The van der Waals surface area contributed by atoms with Crippen molar-refractivity contribution >= 4 is 17.7 Å². The standard InChI is InChI=1S/C21H23N3O2S/c1-15-9-8-10-16(13-15)19-22-23-20(24(19)17-11-6-5-7-12-17)27-14-18(25)26-21(2,3)4/h5-13H,14H2,1-4H3. The summed E-state index contributed by atoms with van der Waals surface area (Å²) in [7, 11) is 0. The van der Waals surface area contributed by atoms with Crippen LogP contribution in [0.3, 0.4) is 0 Å². The van der Waals surface area contributed by atoms with Crippen LogP contribution in [0.1, 0.15) is 26.3 Å². The lowest BCUT2D eigenvalue weighted by Crippen LogP contribution is -2.25. The zero-order valence-electron chi connectivity index (χ0n) is 16.0. The summed E-state index contributed by atoms with van der Waals surface area (Å²) in [6.07, 6.45) is 0. The molecule has 0 radical (unpaired) electrons. The van der Waals surface area contributed by atoms with E-state index in [4.69, 9.17) is 4.74 Å². The Morgan fingerprint density at radius 2 is 1.81 bits per heavy atom. The Morgan fingerprint density at radius 3 is 2.48 bits per heavy atom. The summed E-state index contributed by atoms with van der Waals surface area (Å²) in [6, 6.07) is 18.0. The molecule has 0 unspecified atom stereocenters. The van der Waals surface area contributed by atoms with Gasteiger partial charge in [0.2, 0.25) is 0 Å². The molecule has 140 valence electrons. The molecule has 1 aromatic heterocycles. The highest BCUT2D eigenvalue weighted by atomic mass is 32.2. The molecule has 0 aliphatic carbocycles. The topological polar surface area (TPSA) is 57.0 Å². The molecular weight excluding hydrogens is 358 g/mol. The SMILES string of the molecule is Cc1cccc(-c2nnc(SCC(=O)OC(C)(C)C)n2-c2ccccc2)c1. The number of hydrogen-bond acceptors (Lipinski definition) is 5. The number of esters is 1. The van der Waals surface area contributed by atoms with Crippen LogP contribution in [0.2, 0.25) is 0 Å². The number of aromatic nitrogens is 3. The smallest absolute Gasteiger partial charge is 0.316 e. The number of ether oxygens (including phenoxy) is 1. The first-order valence-electron chi connectivity index (χ1n) is 8.76. The lowest BCUT2D eigenvalue weighted by Gasteiger charge is -2.19. The third kappa shape index (κ3) is 4.98. The molecule has 3 aromatic rings. The number of nitrogens with zero attached hydrogens (tertiary/aromatic N) is 3. The summed E-state index contributed by atoms with van der Waals surface area (Å²) >= 11 is 1.33. The summed E-state index contributed by atoms with van der Waals surface area (Å²) in [5.41, 5.74) is 2.58. The van der Waals surface area contributed by atoms with E-state index in [0.29, 0.717) is 5.16 Å². The Bertz CT molecular complexity index is 930. The van der Waals surface area contributed by atoms with Gasteiger partial charge in [0, 0.05) is 11.3 Å². The second-order valence-corrected chi connectivity index (χ2v) is 8.16. The minimum Gasteiger partial charge on any atom is -0.459 e. The van der Waals surface area contributed by atoms with Gasteiger partial charge >= 0.3 is 5.97 Å². The molecule has 2 aromatic carbocycles. The normalized spacial score (nSPS) is 11.4. The fraction of sp³-hybridized carbons (Fsp3) is 0.286. The van der Waals surface area contributed by atoms with Crippen molar-refractivity contribution in [1.82, 2.24) is 14.8 Å². The Hall–Kier alpha value is -2.60. The Kier molecular flexibility index (Phi) is 5.65. The Labute approximate surface area is 163 Å². The van der Waals surface area contributed by atoms with Gasteiger partial charge in [0.15, 0.2) is 11.0 Å². The van der Waals surface area contributed by atoms with Crippen LogP contribution in [0.4, 0.5) is 0 Å². The first kappa shape index (κ1) is 19.2. The summed E-state index contributed by atoms with van der Waals surface area (Å²) in [5, 5.41) is 9.39. The van der Waals surface area contributed by atoms with Gasteiger partial charge in [-0.25, -0.2) is 0 Å². The van der Waals surface area contributed by atoms with Crippen molar-refractivity contribution < 1.29 is 9.53 Å². The highest BCUT2D eigenvalue weighted by Gasteiger charge is 2.20. The molecule has 0 saturated carbocycles. The lowest BCUT2D eigenvalue weighted by atomic mass is 10.1. The van der Waals surface area contributed by atoms with E-state index in [-0.39, 0.29) is 11.7 Å². The maximum atomic E-state index is 12.1. The number of carbonyl (C=O) groups is 1. The molecule has 0 spiro atoms. The molecule has 0 aliphatic heterocycles. The molecule has 1 heterocycles. The molecule has 0 saturated heterocycles. The van der Waals surface area contributed by atoms with Crippen molar-refractivity contribution in [1.29, 1.82) is 0 Å².